The van der Waals surface area contributed by atoms with Crippen molar-refractivity contribution in [2.45, 2.75) is 102 Å². The molecule has 0 saturated heterocycles. The minimum Gasteiger partial charge on any atom is -0.274 e. The number of rotatable bonds is 16. The lowest BCUT2D eigenvalue weighted by Gasteiger charge is -2.07. The van der Waals surface area contributed by atoms with Crippen LogP contribution in [0.2, 0.25) is 0 Å². The molecule has 1 amide bonds. The lowest BCUT2D eigenvalue weighted by atomic mass is 10.0. The molecule has 0 aromatic heterocycles. The topological polar surface area (TPSA) is 63.2 Å². The first-order valence-corrected chi connectivity index (χ1v) is 12.2. The standard InChI is InChI=1S/C22H37NO3S/c1-2-3-4-5-6-7-8-9-10-11-12-13-17-20-22(24)23-27(25,26)21-18-15-14-16-19-21/h14-16,18-19H,2-13,17,20H2,1H3,(H,23,24). The first kappa shape index (κ1) is 23.7. The van der Waals surface area contributed by atoms with Gasteiger partial charge in [-0.25, -0.2) is 13.1 Å². The van der Waals surface area contributed by atoms with Gasteiger partial charge in [-0.05, 0) is 18.6 Å². The SMILES string of the molecule is CCCCCCCCCCCCCCCC(=O)NS(=O)(=O)c1ccccc1. The summed E-state index contributed by atoms with van der Waals surface area (Å²) in [6.45, 7) is 2.25. The zero-order chi connectivity index (χ0) is 19.8. The van der Waals surface area contributed by atoms with Gasteiger partial charge in [0.15, 0.2) is 0 Å². The third kappa shape index (κ3) is 11.9. The highest BCUT2D eigenvalue weighted by atomic mass is 32.2. The molecule has 0 spiro atoms. The maximum absolute atomic E-state index is 12.0. The van der Waals surface area contributed by atoms with Gasteiger partial charge < -0.3 is 0 Å². The minimum absolute atomic E-state index is 0.128. The van der Waals surface area contributed by atoms with E-state index in [2.05, 4.69) is 11.6 Å². The quantitative estimate of drug-likeness (QED) is 0.351. The average molecular weight is 396 g/mol. The van der Waals surface area contributed by atoms with Crippen molar-refractivity contribution in [3.8, 4) is 0 Å². The number of carbonyl (C=O) groups excluding carboxylic acids is 1. The van der Waals surface area contributed by atoms with Crippen LogP contribution in [0.15, 0.2) is 35.2 Å². The summed E-state index contributed by atoms with van der Waals surface area (Å²) >= 11 is 0. The summed E-state index contributed by atoms with van der Waals surface area (Å²) in [7, 11) is -3.73. The third-order valence-corrected chi connectivity index (χ3v) is 6.20. The number of nitrogens with one attached hydrogen (secondary N) is 1. The van der Waals surface area contributed by atoms with E-state index in [9.17, 15) is 13.2 Å². The predicted molar refractivity (Wildman–Crippen MR) is 112 cm³/mol. The van der Waals surface area contributed by atoms with Gasteiger partial charge in [-0.15, -0.1) is 0 Å². The summed E-state index contributed by atoms with van der Waals surface area (Å²) < 4.78 is 26.2. The van der Waals surface area contributed by atoms with Crippen LogP contribution in [0.1, 0.15) is 96.8 Å². The Bertz CT molecular complexity index is 599. The lowest BCUT2D eigenvalue weighted by molar-refractivity contribution is -0.119. The second-order valence-corrected chi connectivity index (χ2v) is 9.02. The van der Waals surface area contributed by atoms with Crippen LogP contribution in [0, 0.1) is 0 Å². The number of hydrogen-bond acceptors (Lipinski definition) is 3. The summed E-state index contributed by atoms with van der Waals surface area (Å²) in [6.07, 6.45) is 16.4. The van der Waals surface area contributed by atoms with Crippen molar-refractivity contribution >= 4 is 15.9 Å². The smallest absolute Gasteiger partial charge is 0.264 e. The van der Waals surface area contributed by atoms with E-state index in [4.69, 9.17) is 0 Å². The minimum atomic E-state index is -3.73. The Morgan fingerprint density at radius 3 is 1.67 bits per heavy atom. The third-order valence-electron chi connectivity index (χ3n) is 4.81. The van der Waals surface area contributed by atoms with Gasteiger partial charge in [-0.1, -0.05) is 102 Å². The molecule has 0 bridgehead atoms. The molecule has 1 aromatic rings. The zero-order valence-electron chi connectivity index (χ0n) is 16.9. The van der Waals surface area contributed by atoms with Gasteiger partial charge in [0, 0.05) is 6.42 Å². The van der Waals surface area contributed by atoms with Gasteiger partial charge in [0.1, 0.15) is 0 Å². The first-order chi connectivity index (χ1) is 13.1. The summed E-state index contributed by atoms with van der Waals surface area (Å²) in [5.41, 5.74) is 0. The second kappa shape index (κ2) is 14.7. The molecule has 0 fully saturated rings. The van der Waals surface area contributed by atoms with E-state index in [0.717, 1.165) is 19.3 Å². The van der Waals surface area contributed by atoms with Crippen LogP contribution in [0.3, 0.4) is 0 Å². The summed E-state index contributed by atoms with van der Waals surface area (Å²) in [5, 5.41) is 0. The van der Waals surface area contributed by atoms with Crippen LogP contribution in [0.5, 0.6) is 0 Å². The molecule has 0 aliphatic carbocycles. The highest BCUT2D eigenvalue weighted by Crippen LogP contribution is 2.13. The lowest BCUT2D eigenvalue weighted by Crippen LogP contribution is -2.30. The van der Waals surface area contributed by atoms with E-state index >= 15 is 0 Å². The van der Waals surface area contributed by atoms with Gasteiger partial charge >= 0.3 is 0 Å². The fourth-order valence-electron chi connectivity index (χ4n) is 3.16. The Morgan fingerprint density at radius 1 is 0.741 bits per heavy atom. The molecule has 0 radical (unpaired) electrons. The molecule has 0 atom stereocenters. The van der Waals surface area contributed by atoms with E-state index in [1.165, 1.54) is 76.3 Å². The Morgan fingerprint density at radius 2 is 1.19 bits per heavy atom. The van der Waals surface area contributed by atoms with Crippen molar-refractivity contribution in [3.63, 3.8) is 0 Å². The molecule has 0 saturated carbocycles. The van der Waals surface area contributed by atoms with E-state index in [1.54, 1.807) is 18.2 Å². The van der Waals surface area contributed by atoms with Crippen molar-refractivity contribution < 1.29 is 13.2 Å². The molecule has 154 valence electrons. The van der Waals surface area contributed by atoms with E-state index < -0.39 is 15.9 Å². The normalized spacial score (nSPS) is 11.4. The predicted octanol–water partition coefficient (Wildman–Crippen LogP) is 5.97. The maximum Gasteiger partial charge on any atom is 0.264 e. The maximum atomic E-state index is 12.0. The number of hydrogen-bond donors (Lipinski definition) is 1. The van der Waals surface area contributed by atoms with Crippen molar-refractivity contribution in [3.05, 3.63) is 30.3 Å². The van der Waals surface area contributed by atoms with E-state index in [1.807, 2.05) is 0 Å². The molecular formula is C22H37NO3S. The number of sulfonamides is 1. The van der Waals surface area contributed by atoms with Crippen LogP contribution in [-0.2, 0) is 14.8 Å². The zero-order valence-corrected chi connectivity index (χ0v) is 17.7. The molecule has 1 N–H and O–H groups in total. The van der Waals surface area contributed by atoms with Crippen LogP contribution in [0.4, 0.5) is 0 Å². The van der Waals surface area contributed by atoms with Crippen LogP contribution < -0.4 is 4.72 Å². The number of carbonyl (C=O) groups is 1. The Labute approximate surface area is 166 Å². The fourth-order valence-corrected chi connectivity index (χ4v) is 4.20. The summed E-state index contributed by atoms with van der Waals surface area (Å²) in [5.74, 6) is -0.415. The van der Waals surface area contributed by atoms with Crippen LogP contribution in [-0.4, -0.2) is 14.3 Å². The molecule has 1 rings (SSSR count). The monoisotopic (exact) mass is 395 g/mol. The van der Waals surface area contributed by atoms with E-state index in [0.29, 0.717) is 0 Å². The van der Waals surface area contributed by atoms with Crippen LogP contribution in [0.25, 0.3) is 0 Å². The molecule has 27 heavy (non-hydrogen) atoms. The van der Waals surface area contributed by atoms with Crippen LogP contribution >= 0.6 is 0 Å². The number of unbranched alkanes of at least 4 members (excludes halogenated alkanes) is 12. The molecule has 4 nitrogen and oxygen atoms in total. The highest BCUT2D eigenvalue weighted by molar-refractivity contribution is 7.90. The Hall–Kier alpha value is -1.36. The van der Waals surface area contributed by atoms with E-state index in [-0.39, 0.29) is 11.3 Å². The van der Waals surface area contributed by atoms with Crippen molar-refractivity contribution in [1.82, 2.24) is 4.72 Å². The molecule has 0 unspecified atom stereocenters. The largest absolute Gasteiger partial charge is 0.274 e. The molecule has 0 heterocycles. The number of amides is 1. The second-order valence-electron chi connectivity index (χ2n) is 7.33. The van der Waals surface area contributed by atoms with Gasteiger partial charge in [-0.2, -0.15) is 0 Å². The Kier molecular flexibility index (Phi) is 12.9. The first-order valence-electron chi connectivity index (χ1n) is 10.7. The van der Waals surface area contributed by atoms with Gasteiger partial charge in [0.05, 0.1) is 4.90 Å². The van der Waals surface area contributed by atoms with Crippen molar-refractivity contribution in [1.29, 1.82) is 0 Å². The van der Waals surface area contributed by atoms with Crippen molar-refractivity contribution in [2.24, 2.45) is 0 Å². The van der Waals surface area contributed by atoms with Gasteiger partial charge in [0.2, 0.25) is 5.91 Å². The Balaban J connectivity index is 1.97. The molecular weight excluding hydrogens is 358 g/mol. The molecule has 1 aromatic carbocycles. The summed E-state index contributed by atoms with van der Waals surface area (Å²) in [4.78, 5) is 12.0. The van der Waals surface area contributed by atoms with Gasteiger partial charge in [0.25, 0.3) is 10.0 Å². The molecule has 5 heteroatoms. The highest BCUT2D eigenvalue weighted by Gasteiger charge is 2.16. The summed E-state index contributed by atoms with van der Waals surface area (Å²) in [6, 6.07) is 8.01. The van der Waals surface area contributed by atoms with Crippen molar-refractivity contribution in [2.75, 3.05) is 0 Å². The number of benzene rings is 1. The fraction of sp³-hybridized carbons (Fsp3) is 0.682. The molecule has 0 aliphatic rings. The molecule has 0 aliphatic heterocycles. The average Bonchev–Trinajstić information content (AvgIpc) is 2.66. The van der Waals surface area contributed by atoms with Gasteiger partial charge in [-0.3, -0.25) is 4.79 Å².